The van der Waals surface area contributed by atoms with Crippen LogP contribution in [0.2, 0.25) is 0 Å². The number of anilines is 2. The Labute approximate surface area is 168 Å². The monoisotopic (exact) mass is 388 g/mol. The van der Waals surface area contributed by atoms with Crippen LogP contribution in [0.25, 0.3) is 0 Å². The lowest BCUT2D eigenvalue weighted by atomic mass is 10.1. The van der Waals surface area contributed by atoms with Crippen molar-refractivity contribution in [1.82, 2.24) is 0 Å². The molecule has 0 aliphatic heterocycles. The lowest BCUT2D eigenvalue weighted by Gasteiger charge is -2.12. The predicted octanol–water partition coefficient (Wildman–Crippen LogP) is 4.29. The summed E-state index contributed by atoms with van der Waals surface area (Å²) in [4.78, 5) is 37.0. The van der Waals surface area contributed by atoms with Gasteiger partial charge in [-0.3, -0.25) is 9.59 Å². The average molecular weight is 388 g/mol. The summed E-state index contributed by atoms with van der Waals surface area (Å²) in [7, 11) is 1.28. The van der Waals surface area contributed by atoms with Gasteiger partial charge < -0.3 is 15.4 Å². The van der Waals surface area contributed by atoms with Crippen molar-refractivity contribution in [3.8, 4) is 0 Å². The van der Waals surface area contributed by atoms with Gasteiger partial charge in [0.1, 0.15) is 0 Å². The summed E-state index contributed by atoms with van der Waals surface area (Å²) in [6.07, 6.45) is 0. The standard InChI is InChI=1S/C23H20N2O4/c1-15-12-13-17(14-20(15)25-21(26)16-8-4-3-5-9-16)22(27)24-19-11-7-6-10-18(19)23(28)29-2/h3-14H,1-2H3,(H,24,27)(H,25,26). The fourth-order valence-corrected chi connectivity index (χ4v) is 2.76. The molecule has 0 saturated carbocycles. The third-order valence-electron chi connectivity index (χ3n) is 4.36. The second kappa shape index (κ2) is 8.84. The molecule has 3 aromatic rings. The molecular weight excluding hydrogens is 368 g/mol. The minimum absolute atomic E-state index is 0.257. The van der Waals surface area contributed by atoms with Crippen LogP contribution in [0, 0.1) is 6.92 Å². The maximum Gasteiger partial charge on any atom is 0.339 e. The van der Waals surface area contributed by atoms with Gasteiger partial charge in [-0.25, -0.2) is 4.79 Å². The average Bonchev–Trinajstić information content (AvgIpc) is 2.75. The van der Waals surface area contributed by atoms with Crippen molar-refractivity contribution in [3.05, 3.63) is 95.1 Å². The van der Waals surface area contributed by atoms with E-state index in [2.05, 4.69) is 10.6 Å². The van der Waals surface area contributed by atoms with Crippen LogP contribution in [-0.2, 0) is 4.74 Å². The van der Waals surface area contributed by atoms with Gasteiger partial charge in [0.25, 0.3) is 11.8 Å². The van der Waals surface area contributed by atoms with Crippen molar-refractivity contribution >= 4 is 29.2 Å². The van der Waals surface area contributed by atoms with E-state index in [9.17, 15) is 14.4 Å². The van der Waals surface area contributed by atoms with Gasteiger partial charge in [0.05, 0.1) is 18.4 Å². The minimum Gasteiger partial charge on any atom is -0.465 e. The van der Waals surface area contributed by atoms with Crippen LogP contribution < -0.4 is 10.6 Å². The number of amides is 2. The molecule has 0 aliphatic rings. The molecule has 0 heterocycles. The van der Waals surface area contributed by atoms with Crippen molar-refractivity contribution in [3.63, 3.8) is 0 Å². The Morgan fingerprint density at radius 3 is 2.07 bits per heavy atom. The molecule has 3 rings (SSSR count). The molecule has 146 valence electrons. The van der Waals surface area contributed by atoms with Crippen molar-refractivity contribution in [2.45, 2.75) is 6.92 Å². The molecule has 0 aromatic heterocycles. The van der Waals surface area contributed by atoms with E-state index in [1.165, 1.54) is 7.11 Å². The van der Waals surface area contributed by atoms with Crippen LogP contribution in [0.3, 0.4) is 0 Å². The number of esters is 1. The lowest BCUT2D eigenvalue weighted by molar-refractivity contribution is 0.0601. The summed E-state index contributed by atoms with van der Waals surface area (Å²) < 4.78 is 4.75. The maximum atomic E-state index is 12.7. The van der Waals surface area contributed by atoms with Crippen molar-refractivity contribution in [2.24, 2.45) is 0 Å². The van der Waals surface area contributed by atoms with Gasteiger partial charge in [-0.1, -0.05) is 36.4 Å². The van der Waals surface area contributed by atoms with E-state index in [1.807, 2.05) is 13.0 Å². The summed E-state index contributed by atoms with van der Waals surface area (Å²) >= 11 is 0. The van der Waals surface area contributed by atoms with Crippen LogP contribution in [0.4, 0.5) is 11.4 Å². The highest BCUT2D eigenvalue weighted by Crippen LogP contribution is 2.21. The van der Waals surface area contributed by atoms with E-state index in [0.29, 0.717) is 22.5 Å². The van der Waals surface area contributed by atoms with Gasteiger partial charge in [-0.2, -0.15) is 0 Å². The third-order valence-corrected chi connectivity index (χ3v) is 4.36. The van der Waals surface area contributed by atoms with Gasteiger partial charge in [0.2, 0.25) is 0 Å². The molecule has 0 fully saturated rings. The highest BCUT2D eigenvalue weighted by molar-refractivity contribution is 6.09. The Morgan fingerprint density at radius 2 is 1.34 bits per heavy atom. The maximum absolute atomic E-state index is 12.7. The van der Waals surface area contributed by atoms with E-state index in [4.69, 9.17) is 4.74 Å². The highest BCUT2D eigenvalue weighted by atomic mass is 16.5. The van der Waals surface area contributed by atoms with Gasteiger partial charge in [0, 0.05) is 16.8 Å². The van der Waals surface area contributed by atoms with Crippen LogP contribution in [0.1, 0.15) is 36.6 Å². The molecule has 0 unspecified atom stereocenters. The van der Waals surface area contributed by atoms with Crippen LogP contribution >= 0.6 is 0 Å². The van der Waals surface area contributed by atoms with Crippen LogP contribution in [-0.4, -0.2) is 24.9 Å². The topological polar surface area (TPSA) is 84.5 Å². The smallest absolute Gasteiger partial charge is 0.339 e. The van der Waals surface area contributed by atoms with Gasteiger partial charge in [-0.05, 0) is 48.9 Å². The van der Waals surface area contributed by atoms with Crippen LogP contribution in [0.5, 0.6) is 0 Å². The molecule has 2 amide bonds. The van der Waals surface area contributed by atoms with Gasteiger partial charge in [-0.15, -0.1) is 0 Å². The zero-order chi connectivity index (χ0) is 20.8. The Kier molecular flexibility index (Phi) is 6.04. The van der Waals surface area contributed by atoms with E-state index < -0.39 is 11.9 Å². The molecule has 6 heteroatoms. The van der Waals surface area contributed by atoms with Crippen molar-refractivity contribution in [1.29, 1.82) is 0 Å². The second-order valence-corrected chi connectivity index (χ2v) is 6.34. The Bertz CT molecular complexity index is 1060. The molecule has 0 saturated heterocycles. The van der Waals surface area contributed by atoms with Crippen molar-refractivity contribution in [2.75, 3.05) is 17.7 Å². The van der Waals surface area contributed by atoms with E-state index in [-0.39, 0.29) is 11.5 Å². The number of para-hydroxylation sites is 1. The lowest BCUT2D eigenvalue weighted by Crippen LogP contribution is -2.17. The number of nitrogens with one attached hydrogen (secondary N) is 2. The molecule has 29 heavy (non-hydrogen) atoms. The third kappa shape index (κ3) is 4.68. The van der Waals surface area contributed by atoms with Gasteiger partial charge >= 0.3 is 5.97 Å². The number of benzene rings is 3. The first-order chi connectivity index (χ1) is 14.0. The first-order valence-corrected chi connectivity index (χ1v) is 8.95. The minimum atomic E-state index is -0.541. The fourth-order valence-electron chi connectivity index (χ4n) is 2.76. The molecule has 3 aromatic carbocycles. The quantitative estimate of drug-likeness (QED) is 0.639. The molecule has 0 spiro atoms. The summed E-state index contributed by atoms with van der Waals surface area (Å²) in [5, 5.41) is 5.55. The first kappa shape index (κ1) is 19.8. The number of ether oxygens (including phenoxy) is 1. The highest BCUT2D eigenvalue weighted by Gasteiger charge is 2.15. The predicted molar refractivity (Wildman–Crippen MR) is 111 cm³/mol. The second-order valence-electron chi connectivity index (χ2n) is 6.34. The van der Waals surface area contributed by atoms with E-state index in [0.717, 1.165) is 5.56 Å². The number of hydrogen-bond acceptors (Lipinski definition) is 4. The summed E-state index contributed by atoms with van der Waals surface area (Å²) in [5.74, 6) is -1.21. The van der Waals surface area contributed by atoms with Gasteiger partial charge in [0.15, 0.2) is 0 Å². The number of rotatable bonds is 5. The number of aryl methyl sites for hydroxylation is 1. The largest absolute Gasteiger partial charge is 0.465 e. The molecule has 0 atom stereocenters. The number of methoxy groups -OCH3 is 1. The van der Waals surface area contributed by atoms with E-state index >= 15 is 0 Å². The number of hydrogen-bond donors (Lipinski definition) is 2. The molecular formula is C23H20N2O4. The summed E-state index contributed by atoms with van der Waals surface area (Å²) in [5.41, 5.74) is 2.83. The molecule has 6 nitrogen and oxygen atoms in total. The normalized spacial score (nSPS) is 10.1. The zero-order valence-electron chi connectivity index (χ0n) is 16.1. The molecule has 0 radical (unpaired) electrons. The number of carbonyl (C=O) groups is 3. The number of carbonyl (C=O) groups excluding carboxylic acids is 3. The Balaban J connectivity index is 1.82. The van der Waals surface area contributed by atoms with E-state index in [1.54, 1.807) is 66.7 Å². The Morgan fingerprint density at radius 1 is 0.724 bits per heavy atom. The van der Waals surface area contributed by atoms with Crippen molar-refractivity contribution < 1.29 is 19.1 Å². The summed E-state index contributed by atoms with van der Waals surface area (Å²) in [6.45, 7) is 1.84. The summed E-state index contributed by atoms with van der Waals surface area (Å²) in [6, 6.07) is 20.4. The fraction of sp³-hybridized carbons (Fsp3) is 0.0870. The van der Waals surface area contributed by atoms with Crippen LogP contribution in [0.15, 0.2) is 72.8 Å². The molecule has 2 N–H and O–H groups in total. The zero-order valence-corrected chi connectivity index (χ0v) is 16.1. The first-order valence-electron chi connectivity index (χ1n) is 8.95. The SMILES string of the molecule is COC(=O)c1ccccc1NC(=O)c1ccc(C)c(NC(=O)c2ccccc2)c1. The molecule has 0 bridgehead atoms. The molecule has 0 aliphatic carbocycles. The Hall–Kier alpha value is -3.93.